The van der Waals surface area contributed by atoms with Gasteiger partial charge in [0.25, 0.3) is 0 Å². The van der Waals surface area contributed by atoms with Gasteiger partial charge in [-0.05, 0) is 59.1 Å². The Balaban J connectivity index is 0.00000176. The Bertz CT molecular complexity index is 598. The van der Waals surface area contributed by atoms with Gasteiger partial charge in [-0.1, -0.05) is 18.2 Å². The first-order valence-corrected chi connectivity index (χ1v) is 7.98. The molecule has 3 rings (SSSR count). The monoisotopic (exact) mass is 321 g/mol. The van der Waals surface area contributed by atoms with Crippen molar-refractivity contribution in [3.63, 3.8) is 0 Å². The maximum atomic E-state index is 2.57. The average Bonchev–Trinajstić information content (AvgIpc) is 2.78. The van der Waals surface area contributed by atoms with Crippen molar-refractivity contribution in [2.75, 3.05) is 34.7 Å². The minimum Gasteiger partial charge on any atom is -0.343 e. The molecule has 0 spiro atoms. The molecule has 0 saturated carbocycles. The van der Waals surface area contributed by atoms with Crippen LogP contribution in [-0.4, -0.2) is 55.1 Å². The van der Waals surface area contributed by atoms with E-state index in [0.29, 0.717) is 6.04 Å². The number of fused-ring (bicyclic) bond motifs is 3. The Morgan fingerprint density at radius 2 is 1.86 bits per heavy atom. The first-order chi connectivity index (χ1) is 10.1. The molecule has 3 nitrogen and oxygen atoms in total. The molecule has 0 amide bonds. The molecule has 0 fully saturated rings. The lowest BCUT2D eigenvalue weighted by Gasteiger charge is -2.29. The van der Waals surface area contributed by atoms with Crippen LogP contribution in [0.15, 0.2) is 24.3 Å². The molecule has 0 saturated heterocycles. The summed E-state index contributed by atoms with van der Waals surface area (Å²) >= 11 is 0. The molecular weight excluding hydrogens is 294 g/mol. The maximum Gasteiger partial charge on any atom is 0.0485 e. The standard InChI is InChI=1S/C18H27N3.ClH/c1-19(2)11-12-21-17-8-6-5-7-15(17)16-13-14(20(3)4)9-10-18(16)21;/h5-8,14H,9-13H2,1-4H3;1H. The van der Waals surface area contributed by atoms with Gasteiger partial charge >= 0.3 is 0 Å². The second-order valence-electron chi connectivity index (χ2n) is 6.76. The van der Waals surface area contributed by atoms with Gasteiger partial charge in [0, 0.05) is 35.7 Å². The van der Waals surface area contributed by atoms with E-state index < -0.39 is 0 Å². The van der Waals surface area contributed by atoms with Gasteiger partial charge in [-0.3, -0.25) is 0 Å². The minimum atomic E-state index is 0. The van der Waals surface area contributed by atoms with E-state index in [-0.39, 0.29) is 12.4 Å². The fourth-order valence-electron chi connectivity index (χ4n) is 3.58. The van der Waals surface area contributed by atoms with Crippen LogP contribution in [0.1, 0.15) is 17.7 Å². The number of hydrogen-bond donors (Lipinski definition) is 0. The zero-order chi connectivity index (χ0) is 15.0. The van der Waals surface area contributed by atoms with E-state index >= 15 is 0 Å². The first kappa shape index (κ1) is 17.3. The lowest BCUT2D eigenvalue weighted by Crippen LogP contribution is -2.34. The largest absolute Gasteiger partial charge is 0.343 e. The topological polar surface area (TPSA) is 11.4 Å². The summed E-state index contributed by atoms with van der Waals surface area (Å²) in [6, 6.07) is 9.62. The van der Waals surface area contributed by atoms with Crippen LogP contribution >= 0.6 is 12.4 Å². The Morgan fingerprint density at radius 3 is 2.55 bits per heavy atom. The van der Waals surface area contributed by atoms with Crippen LogP contribution in [0, 0.1) is 0 Å². The summed E-state index contributed by atoms with van der Waals surface area (Å²) in [6.07, 6.45) is 3.68. The van der Waals surface area contributed by atoms with E-state index in [1.807, 2.05) is 0 Å². The van der Waals surface area contributed by atoms with Gasteiger partial charge in [0.1, 0.15) is 0 Å². The van der Waals surface area contributed by atoms with Crippen LogP contribution in [0.4, 0.5) is 0 Å². The smallest absolute Gasteiger partial charge is 0.0485 e. The Hall–Kier alpha value is -1.03. The van der Waals surface area contributed by atoms with Crippen molar-refractivity contribution in [1.82, 2.24) is 14.4 Å². The van der Waals surface area contributed by atoms with Gasteiger partial charge in [-0.25, -0.2) is 0 Å². The van der Waals surface area contributed by atoms with Crippen LogP contribution in [0.2, 0.25) is 0 Å². The highest BCUT2D eigenvalue weighted by Crippen LogP contribution is 2.33. The van der Waals surface area contributed by atoms with Gasteiger partial charge in [0.15, 0.2) is 0 Å². The predicted molar refractivity (Wildman–Crippen MR) is 97.2 cm³/mol. The summed E-state index contributed by atoms with van der Waals surface area (Å²) in [4.78, 5) is 4.65. The molecule has 1 aliphatic rings. The molecule has 122 valence electrons. The molecule has 4 heteroatoms. The van der Waals surface area contributed by atoms with E-state index in [1.54, 1.807) is 11.3 Å². The van der Waals surface area contributed by atoms with Gasteiger partial charge < -0.3 is 14.4 Å². The summed E-state index contributed by atoms with van der Waals surface area (Å²) in [7, 11) is 8.72. The van der Waals surface area contributed by atoms with E-state index in [1.165, 1.54) is 30.2 Å². The van der Waals surface area contributed by atoms with Crippen molar-refractivity contribution >= 4 is 23.3 Å². The van der Waals surface area contributed by atoms with E-state index in [4.69, 9.17) is 0 Å². The molecule has 22 heavy (non-hydrogen) atoms. The summed E-state index contributed by atoms with van der Waals surface area (Å²) in [5.41, 5.74) is 4.59. The minimum absolute atomic E-state index is 0. The van der Waals surface area contributed by atoms with Gasteiger partial charge in [-0.2, -0.15) is 0 Å². The van der Waals surface area contributed by atoms with Crippen LogP contribution in [0.25, 0.3) is 10.9 Å². The summed E-state index contributed by atoms with van der Waals surface area (Å²) in [5.74, 6) is 0. The molecule has 0 N–H and O–H groups in total. The number of benzene rings is 1. The molecule has 0 aliphatic heterocycles. The van der Waals surface area contributed by atoms with Crippen molar-refractivity contribution in [2.24, 2.45) is 0 Å². The second kappa shape index (κ2) is 7.03. The highest BCUT2D eigenvalue weighted by atomic mass is 35.5. The van der Waals surface area contributed by atoms with Crippen LogP contribution in [0.3, 0.4) is 0 Å². The Morgan fingerprint density at radius 1 is 1.14 bits per heavy atom. The third-order valence-electron chi connectivity index (χ3n) is 4.85. The number of rotatable bonds is 4. The summed E-state index contributed by atoms with van der Waals surface area (Å²) in [6.45, 7) is 2.19. The normalized spacial score (nSPS) is 17.8. The van der Waals surface area contributed by atoms with Crippen molar-refractivity contribution in [2.45, 2.75) is 31.8 Å². The SMILES string of the molecule is CN(C)CCn1c2c(c3ccccc31)CC(N(C)C)CC2.Cl. The third-order valence-corrected chi connectivity index (χ3v) is 4.85. The zero-order valence-corrected chi connectivity index (χ0v) is 15.0. The number of nitrogens with zero attached hydrogens (tertiary/aromatic N) is 3. The zero-order valence-electron chi connectivity index (χ0n) is 14.2. The van der Waals surface area contributed by atoms with Gasteiger partial charge in [-0.15, -0.1) is 12.4 Å². The average molecular weight is 322 g/mol. The Kier molecular flexibility index (Phi) is 5.54. The number of likely N-dealkylation sites (N-methyl/N-ethyl adjacent to an activating group) is 2. The third kappa shape index (κ3) is 3.17. The second-order valence-corrected chi connectivity index (χ2v) is 6.76. The maximum absolute atomic E-state index is 2.57. The molecule has 1 aromatic carbocycles. The lowest BCUT2D eigenvalue weighted by molar-refractivity contribution is 0.266. The van der Waals surface area contributed by atoms with E-state index in [2.05, 4.69) is 66.8 Å². The van der Waals surface area contributed by atoms with Gasteiger partial charge in [0.2, 0.25) is 0 Å². The highest BCUT2D eigenvalue weighted by Gasteiger charge is 2.26. The Labute approximate surface area is 140 Å². The first-order valence-electron chi connectivity index (χ1n) is 7.98. The molecule has 1 aliphatic carbocycles. The van der Waals surface area contributed by atoms with E-state index in [9.17, 15) is 0 Å². The van der Waals surface area contributed by atoms with Crippen molar-refractivity contribution in [1.29, 1.82) is 0 Å². The molecule has 2 aromatic rings. The van der Waals surface area contributed by atoms with Crippen LogP contribution < -0.4 is 0 Å². The van der Waals surface area contributed by atoms with Crippen LogP contribution in [0.5, 0.6) is 0 Å². The van der Waals surface area contributed by atoms with Crippen molar-refractivity contribution in [3.8, 4) is 0 Å². The quantitative estimate of drug-likeness (QED) is 0.857. The molecule has 0 radical (unpaired) electrons. The number of aromatic nitrogens is 1. The highest BCUT2D eigenvalue weighted by molar-refractivity contribution is 5.86. The molecular formula is C18H28ClN3. The predicted octanol–water partition coefficient (Wildman–Crippen LogP) is 3.04. The number of para-hydroxylation sites is 1. The fraction of sp³-hybridized carbons (Fsp3) is 0.556. The molecule has 1 heterocycles. The number of hydrogen-bond acceptors (Lipinski definition) is 2. The van der Waals surface area contributed by atoms with E-state index in [0.717, 1.165) is 13.1 Å². The van der Waals surface area contributed by atoms with Gasteiger partial charge in [0.05, 0.1) is 0 Å². The van der Waals surface area contributed by atoms with Crippen molar-refractivity contribution < 1.29 is 0 Å². The molecule has 0 bridgehead atoms. The number of halogens is 1. The van der Waals surface area contributed by atoms with Crippen molar-refractivity contribution in [3.05, 3.63) is 35.5 Å². The summed E-state index contributed by atoms with van der Waals surface area (Å²) in [5, 5.41) is 1.47. The molecule has 1 aromatic heterocycles. The summed E-state index contributed by atoms with van der Waals surface area (Å²) < 4.78 is 2.57. The molecule has 1 unspecified atom stereocenters. The van der Waals surface area contributed by atoms with Crippen LogP contribution in [-0.2, 0) is 19.4 Å². The fourth-order valence-corrected chi connectivity index (χ4v) is 3.58. The molecule has 1 atom stereocenters. The lowest BCUT2D eigenvalue weighted by atomic mass is 9.91.